The van der Waals surface area contributed by atoms with E-state index in [1.165, 1.54) is 82.4 Å². The smallest absolute Gasteiger partial charge is 0.416 e. The number of anilines is 8. The zero-order valence-corrected chi connectivity index (χ0v) is 78.7. The zero-order valence-electron chi connectivity index (χ0n) is 78.7. The van der Waals surface area contributed by atoms with Crippen LogP contribution in [-0.4, -0.2) is 169 Å². The van der Waals surface area contributed by atoms with Crippen LogP contribution in [0.4, 0.5) is 151 Å². The van der Waals surface area contributed by atoms with Crippen LogP contribution in [0.3, 0.4) is 0 Å². The van der Waals surface area contributed by atoms with Crippen LogP contribution in [0.5, 0.6) is 23.4 Å². The summed E-state index contributed by atoms with van der Waals surface area (Å²) in [5.74, 6) is 1.70. The summed E-state index contributed by atoms with van der Waals surface area (Å²) in [7, 11) is 2.95. The number of rotatable bonds is 26. The van der Waals surface area contributed by atoms with E-state index in [1.807, 2.05) is 40.4 Å². The van der Waals surface area contributed by atoms with E-state index in [2.05, 4.69) is 19.9 Å². The third-order valence-corrected chi connectivity index (χ3v) is 24.3. The first-order valence-electron chi connectivity index (χ1n) is 45.5. The molecule has 786 valence electrons. The lowest BCUT2D eigenvalue weighted by atomic mass is 9.97. The second-order valence-electron chi connectivity index (χ2n) is 34.7. The van der Waals surface area contributed by atoms with Crippen LogP contribution in [-0.2, 0) is 50.9 Å². The van der Waals surface area contributed by atoms with Crippen molar-refractivity contribution in [1.29, 1.82) is 0 Å². The number of hydrogen-bond donors (Lipinski definition) is 4. The van der Waals surface area contributed by atoms with Gasteiger partial charge in [0.15, 0.2) is 24.4 Å². The summed E-state index contributed by atoms with van der Waals surface area (Å²) >= 11 is 0. The Bertz CT molecular complexity index is 6370. The molecule has 0 unspecified atom stereocenters. The van der Waals surface area contributed by atoms with E-state index < -0.39 is 146 Å². The Labute approximate surface area is 827 Å². The molecule has 20 nitrogen and oxygen atoms in total. The summed E-state index contributed by atoms with van der Waals surface area (Å²) < 4.78 is 343. The average Bonchev–Trinajstić information content (AvgIpc) is 0.769. The molecule has 8 aromatic carbocycles. The second-order valence-corrected chi connectivity index (χ2v) is 34.7. The van der Waals surface area contributed by atoms with Gasteiger partial charge in [0.25, 0.3) is 0 Å². The molecule has 4 aliphatic rings. The minimum Gasteiger partial charge on any atom is -0.495 e. The summed E-state index contributed by atoms with van der Waals surface area (Å²) in [6, 6.07) is 60.1. The monoisotopic (exact) mass is 2090 g/mol. The highest BCUT2D eigenvalue weighted by molar-refractivity contribution is 5.79. The van der Waals surface area contributed by atoms with Crippen molar-refractivity contribution in [3.05, 3.63) is 334 Å². The zero-order chi connectivity index (χ0) is 107. The van der Waals surface area contributed by atoms with Gasteiger partial charge in [-0.1, -0.05) is 115 Å². The maximum Gasteiger partial charge on any atom is 0.416 e. The second kappa shape index (κ2) is 46.0. The van der Waals surface area contributed by atoms with E-state index in [0.717, 1.165) is 48.5 Å². The number of ether oxygens (including phenoxy) is 4. The van der Waals surface area contributed by atoms with Crippen LogP contribution < -0.4 is 58.1 Å². The number of halogens is 24. The number of aromatic nitrogens is 4. The molecule has 0 bridgehead atoms. The van der Waals surface area contributed by atoms with Gasteiger partial charge in [0.2, 0.25) is 17.6 Å². The number of aliphatic hydroxyl groups excluding tert-OH is 4. The quantitative estimate of drug-likeness (QED) is 0.0373. The summed E-state index contributed by atoms with van der Waals surface area (Å²) in [4.78, 5) is 30.4. The van der Waals surface area contributed by atoms with Gasteiger partial charge in [0.1, 0.15) is 11.4 Å². The van der Waals surface area contributed by atoms with Gasteiger partial charge in [-0.3, -0.25) is 4.98 Å². The van der Waals surface area contributed by atoms with Gasteiger partial charge in [0.05, 0.1) is 188 Å². The Kier molecular flexibility index (Phi) is 34.6. The van der Waals surface area contributed by atoms with Crippen LogP contribution in [0.1, 0.15) is 112 Å². The van der Waals surface area contributed by atoms with Crippen LogP contribution >= 0.6 is 0 Å². The number of nitrogens with zero attached hydrogens (tertiary/aromatic N) is 12. The van der Waals surface area contributed by atoms with Gasteiger partial charge < -0.3 is 78.6 Å². The standard InChI is InChI=1S/C27H27F6N3O2.C26H25F6N3O2.2C25H23F6N3O2/c1-17(2)38-25-12-6-9-20(34-25)14-35-15-23(18-7-5-8-19(13-18)26(28,29)30)36(16-24(37)27(31,32)33)22-11-4-3-10-21(22)35;1-2-37-24-12-6-9-19(33-24)14-34-15-22(17-7-5-8-18(13-17)25(27,28)29)35(16-23(36)26(30,31)32)21-11-4-3-10-20(21)34;1-36-23-11-5-8-18(32-23)13-33-14-21(16-6-4-7-17(12-16)24(26,27)28)34(15-22(35)25(29,30)31)20-10-3-2-9-19(20)33;1-36-22-10-5-11-32-18(22)13-33-14-21(16-6-4-7-17(12-16)24(26,27)28)34(15-23(35)25(29,30)31)20-9-3-2-8-19(20)33/h3-13,17,23-24,37H,14-16H2,1-2H3;3-13,22-23,36H,2,14-16H2,1H3;2-12,21-22,35H,13-15H2,1H3;2-12,21,23,35H,13-15H2,1H3/t23-,24+;22-,23+;21-,22+;21-,23+/m0000/s1. The number of para-hydroxylation sites is 8. The average molecular weight is 2090 g/mol. The largest absolute Gasteiger partial charge is 0.495 e. The first-order chi connectivity index (χ1) is 69.2. The lowest BCUT2D eigenvalue weighted by molar-refractivity contribution is -0.200. The van der Waals surface area contributed by atoms with E-state index >= 15 is 0 Å². The number of benzene rings is 8. The Morgan fingerprint density at radius 3 is 0.844 bits per heavy atom. The van der Waals surface area contributed by atoms with Crippen molar-refractivity contribution >= 4 is 45.5 Å². The minimum atomic E-state index is -4.90. The van der Waals surface area contributed by atoms with Crippen molar-refractivity contribution in [3.63, 3.8) is 0 Å². The predicted molar refractivity (Wildman–Crippen MR) is 501 cm³/mol. The Morgan fingerprint density at radius 1 is 0.306 bits per heavy atom. The number of pyridine rings is 4. The van der Waals surface area contributed by atoms with E-state index in [1.54, 1.807) is 170 Å². The van der Waals surface area contributed by atoms with Gasteiger partial charge in [-0.2, -0.15) is 105 Å². The van der Waals surface area contributed by atoms with Crippen molar-refractivity contribution < 1.29 is 145 Å². The summed E-state index contributed by atoms with van der Waals surface area (Å²) in [5.41, 5.74) is 3.18. The minimum absolute atomic E-state index is 0.0443. The number of methoxy groups -OCH3 is 2. The molecule has 4 aromatic heterocycles. The van der Waals surface area contributed by atoms with E-state index in [4.69, 9.17) is 18.9 Å². The highest BCUT2D eigenvalue weighted by atomic mass is 19.4. The fourth-order valence-corrected chi connectivity index (χ4v) is 17.5. The number of aliphatic hydroxyl groups is 4. The topological polar surface area (TPSA) is 195 Å². The number of β-amino-alcohol motifs (C(OH)–C–C–N with tert-alkyl or cyclic N) is 4. The van der Waals surface area contributed by atoms with E-state index in [0.29, 0.717) is 98.3 Å². The number of hydrogen-bond acceptors (Lipinski definition) is 20. The molecule has 12 aromatic rings. The lowest BCUT2D eigenvalue weighted by Crippen LogP contribution is -2.49. The van der Waals surface area contributed by atoms with Gasteiger partial charge in [-0.05, 0) is 170 Å². The molecule has 8 heterocycles. The van der Waals surface area contributed by atoms with E-state index in [-0.39, 0.29) is 80.7 Å². The van der Waals surface area contributed by atoms with Crippen molar-refractivity contribution in [3.8, 4) is 23.4 Å². The molecule has 0 radical (unpaired) electrons. The molecule has 44 heteroatoms. The molecule has 147 heavy (non-hydrogen) atoms. The van der Waals surface area contributed by atoms with Crippen molar-refractivity contribution in [1.82, 2.24) is 19.9 Å². The summed E-state index contributed by atoms with van der Waals surface area (Å²) in [6.45, 7) is 3.71. The Balaban J connectivity index is 0.000000164. The SMILES string of the molecule is CC(C)Oc1cccc(CN2C[C@@H](c3cccc(C(F)(F)F)c3)N(C[C@@H](O)C(F)(F)F)c3ccccc32)n1.CCOc1cccc(CN2C[C@@H](c3cccc(C(F)(F)F)c3)N(C[C@@H](O)C(F)(F)F)c3ccccc32)n1.COc1cccc(CN2C[C@@H](c3cccc(C(F)(F)F)c3)N(C[C@@H](O)C(F)(F)F)c3ccccc32)n1.COc1cccnc1CN1C[C@@H](c2cccc(C(F)(F)F)c2)N(C[C@@H](O)C(F)(F)F)c2ccccc21. The van der Waals surface area contributed by atoms with Gasteiger partial charge in [0, 0.05) is 50.6 Å². The Hall–Kier alpha value is -13.9. The Morgan fingerprint density at radius 2 is 0.571 bits per heavy atom. The maximum atomic E-state index is 13.5. The van der Waals surface area contributed by atoms with Crippen LogP contribution in [0, 0.1) is 0 Å². The fraction of sp³-hybridized carbons (Fsp3) is 0.340. The summed E-state index contributed by atoms with van der Waals surface area (Å²) in [6.07, 6.45) is -47.4. The van der Waals surface area contributed by atoms with Gasteiger partial charge in [-0.25, -0.2) is 15.0 Å². The molecule has 0 amide bonds. The third kappa shape index (κ3) is 28.1. The molecule has 8 atom stereocenters. The molecule has 4 N–H and O–H groups in total. The number of fused-ring (bicyclic) bond motifs is 4. The highest BCUT2D eigenvalue weighted by Gasteiger charge is 2.49. The third-order valence-electron chi connectivity index (χ3n) is 24.3. The molecule has 0 fully saturated rings. The molecule has 0 spiro atoms. The van der Waals surface area contributed by atoms with Gasteiger partial charge >= 0.3 is 49.4 Å². The normalized spacial score (nSPS) is 17.0. The van der Waals surface area contributed by atoms with Crippen molar-refractivity contribution in [2.45, 2.75) is 151 Å². The van der Waals surface area contributed by atoms with Crippen LogP contribution in [0.25, 0.3) is 0 Å². The van der Waals surface area contributed by atoms with Gasteiger partial charge in [-0.15, -0.1) is 0 Å². The molecule has 16 rings (SSSR count). The predicted octanol–water partition coefficient (Wildman–Crippen LogP) is 23.6. The first kappa shape index (κ1) is 110. The van der Waals surface area contributed by atoms with Crippen molar-refractivity contribution in [2.24, 2.45) is 0 Å². The molecular weight excluding hydrogens is 1990 g/mol. The molecule has 0 saturated heterocycles. The molecule has 0 saturated carbocycles. The first-order valence-corrected chi connectivity index (χ1v) is 45.5. The lowest BCUT2D eigenvalue weighted by Gasteiger charge is -2.45. The van der Waals surface area contributed by atoms with Crippen LogP contribution in [0.15, 0.2) is 267 Å². The number of alkyl halides is 24. The summed E-state index contributed by atoms with van der Waals surface area (Å²) in [5, 5.41) is 39.6. The molecule has 4 aliphatic heterocycles. The highest BCUT2D eigenvalue weighted by Crippen LogP contribution is 2.51. The fourth-order valence-electron chi connectivity index (χ4n) is 17.5. The van der Waals surface area contributed by atoms with Crippen LogP contribution in [0.2, 0.25) is 0 Å². The maximum absolute atomic E-state index is 13.5. The molecular formula is C103H98F24N12O8. The molecule has 0 aliphatic carbocycles. The van der Waals surface area contributed by atoms with Crippen molar-refractivity contribution in [2.75, 3.05) is 112 Å². The van der Waals surface area contributed by atoms with E-state index in [9.17, 15) is 126 Å².